The average Bonchev–Trinajstić information content (AvgIpc) is 3.53. The summed E-state index contributed by atoms with van der Waals surface area (Å²) in [6, 6.07) is 31.7. The number of hydrogen-bond donors (Lipinski definition) is 0. The summed E-state index contributed by atoms with van der Waals surface area (Å²) in [6.45, 7) is 0. The lowest BCUT2D eigenvalue weighted by atomic mass is 10.1. The Morgan fingerprint density at radius 1 is 0.606 bits per heavy atom. The Labute approximate surface area is 192 Å². The third-order valence-electron chi connectivity index (χ3n) is 6.64. The summed E-state index contributed by atoms with van der Waals surface area (Å²) in [5.41, 5.74) is 6.40. The fourth-order valence-corrected chi connectivity index (χ4v) is 6.62. The third-order valence-corrected chi connectivity index (χ3v) is 7.87. The zero-order valence-electron chi connectivity index (χ0n) is 17.4. The summed E-state index contributed by atoms with van der Waals surface area (Å²) in [4.78, 5) is 5.01. The van der Waals surface area contributed by atoms with E-state index in [9.17, 15) is 0 Å². The third kappa shape index (κ3) is 2.21. The van der Waals surface area contributed by atoms with Crippen LogP contribution in [0.1, 0.15) is 0 Å². The van der Waals surface area contributed by atoms with Gasteiger partial charge in [0.05, 0.1) is 27.4 Å². The Bertz CT molecular complexity index is 2030. The van der Waals surface area contributed by atoms with E-state index < -0.39 is 0 Å². The maximum atomic E-state index is 6.16. The van der Waals surface area contributed by atoms with Gasteiger partial charge in [-0.2, -0.15) is 0 Å². The second-order valence-electron chi connectivity index (χ2n) is 8.40. The number of hydrogen-bond acceptors (Lipinski definition) is 3. The lowest BCUT2D eigenvalue weighted by Crippen LogP contribution is -1.93. The van der Waals surface area contributed by atoms with Crippen LogP contribution in [0.15, 0.2) is 102 Å². The quantitative estimate of drug-likeness (QED) is 0.256. The second-order valence-corrected chi connectivity index (χ2v) is 9.42. The molecule has 3 nitrogen and oxygen atoms in total. The van der Waals surface area contributed by atoms with Gasteiger partial charge in [0.2, 0.25) is 0 Å². The van der Waals surface area contributed by atoms with Gasteiger partial charge in [-0.3, -0.25) is 4.98 Å². The standard InChI is InChI=1S/C29H16N2OS/c1-2-8-17(9-3-1)31-21-12-6-4-10-18(21)25-22(31)16-30-27-20-14-15-24-26(28(20)33-29(25)27)19-11-5-7-13-23(19)32-24/h1-16H. The molecule has 0 aliphatic carbocycles. The van der Waals surface area contributed by atoms with Gasteiger partial charge < -0.3 is 8.98 Å². The molecule has 0 saturated carbocycles. The molecule has 8 rings (SSSR count). The van der Waals surface area contributed by atoms with Crippen LogP contribution in [0.2, 0.25) is 0 Å². The molecule has 0 atom stereocenters. The summed E-state index contributed by atoms with van der Waals surface area (Å²) in [5.74, 6) is 0. The minimum absolute atomic E-state index is 0.927. The highest BCUT2D eigenvalue weighted by Gasteiger charge is 2.20. The van der Waals surface area contributed by atoms with Crippen LogP contribution < -0.4 is 0 Å². The molecule has 0 amide bonds. The Hall–Kier alpha value is -4.15. The van der Waals surface area contributed by atoms with E-state index in [4.69, 9.17) is 9.40 Å². The summed E-state index contributed by atoms with van der Waals surface area (Å²) in [5, 5.41) is 6.05. The van der Waals surface area contributed by atoms with Crippen LogP contribution in [-0.2, 0) is 0 Å². The van der Waals surface area contributed by atoms with Gasteiger partial charge >= 0.3 is 0 Å². The molecule has 4 heteroatoms. The fourth-order valence-electron chi connectivity index (χ4n) is 5.25. The molecular formula is C29H16N2OS. The van der Waals surface area contributed by atoms with E-state index in [1.54, 1.807) is 0 Å². The molecule has 0 bridgehead atoms. The van der Waals surface area contributed by atoms with Gasteiger partial charge in [-0.15, -0.1) is 11.3 Å². The Kier molecular flexibility index (Phi) is 3.28. The van der Waals surface area contributed by atoms with Crippen molar-refractivity contribution >= 4 is 75.4 Å². The van der Waals surface area contributed by atoms with Crippen molar-refractivity contribution in [2.45, 2.75) is 0 Å². The normalized spacial score (nSPS) is 12.2. The highest BCUT2D eigenvalue weighted by atomic mass is 32.1. The van der Waals surface area contributed by atoms with E-state index >= 15 is 0 Å². The van der Waals surface area contributed by atoms with Gasteiger partial charge in [-0.1, -0.05) is 54.6 Å². The van der Waals surface area contributed by atoms with Crippen LogP contribution in [0.4, 0.5) is 0 Å². The maximum absolute atomic E-state index is 6.16. The van der Waals surface area contributed by atoms with Gasteiger partial charge in [0.25, 0.3) is 0 Å². The number of thiophene rings is 1. The monoisotopic (exact) mass is 440 g/mol. The van der Waals surface area contributed by atoms with E-state index in [2.05, 4.69) is 83.4 Å². The molecule has 8 aromatic rings. The molecular weight excluding hydrogens is 424 g/mol. The summed E-state index contributed by atoms with van der Waals surface area (Å²) in [6.07, 6.45) is 2.04. The van der Waals surface area contributed by atoms with Crippen LogP contribution in [0.25, 0.3) is 69.7 Å². The number of nitrogens with zero attached hydrogens (tertiary/aromatic N) is 2. The van der Waals surface area contributed by atoms with E-state index in [1.807, 2.05) is 29.7 Å². The molecule has 0 aliphatic heterocycles. The second kappa shape index (κ2) is 6.21. The lowest BCUT2D eigenvalue weighted by molar-refractivity contribution is 0.669. The lowest BCUT2D eigenvalue weighted by Gasteiger charge is -2.06. The van der Waals surface area contributed by atoms with E-state index in [0.717, 1.165) is 33.3 Å². The number of pyridine rings is 1. The number of fused-ring (bicyclic) bond motifs is 11. The van der Waals surface area contributed by atoms with Crippen molar-refractivity contribution in [3.05, 3.63) is 97.2 Å². The summed E-state index contributed by atoms with van der Waals surface area (Å²) < 4.78 is 10.9. The van der Waals surface area contributed by atoms with Crippen LogP contribution in [-0.4, -0.2) is 9.55 Å². The van der Waals surface area contributed by atoms with Crippen LogP contribution in [0, 0.1) is 0 Å². The molecule has 0 unspecified atom stereocenters. The van der Waals surface area contributed by atoms with Crippen molar-refractivity contribution in [3.63, 3.8) is 0 Å². The zero-order chi connectivity index (χ0) is 21.5. The molecule has 0 radical (unpaired) electrons. The van der Waals surface area contributed by atoms with Crippen LogP contribution in [0.3, 0.4) is 0 Å². The number of benzene rings is 4. The predicted octanol–water partition coefficient (Wildman–Crippen LogP) is 8.45. The molecule has 0 spiro atoms. The highest BCUT2D eigenvalue weighted by Crippen LogP contribution is 2.45. The number of para-hydroxylation sites is 3. The maximum Gasteiger partial charge on any atom is 0.136 e. The number of rotatable bonds is 1. The van der Waals surface area contributed by atoms with Crippen molar-refractivity contribution in [3.8, 4) is 5.69 Å². The molecule has 33 heavy (non-hydrogen) atoms. The largest absolute Gasteiger partial charge is 0.456 e. The first-order chi connectivity index (χ1) is 16.4. The molecule has 0 N–H and O–H groups in total. The van der Waals surface area contributed by atoms with Gasteiger partial charge in [0.1, 0.15) is 11.2 Å². The fraction of sp³-hybridized carbons (Fsp3) is 0. The smallest absolute Gasteiger partial charge is 0.136 e. The first-order valence-electron chi connectivity index (χ1n) is 11.0. The summed E-state index contributed by atoms with van der Waals surface area (Å²) >= 11 is 1.83. The van der Waals surface area contributed by atoms with Crippen molar-refractivity contribution in [1.29, 1.82) is 0 Å². The highest BCUT2D eigenvalue weighted by molar-refractivity contribution is 7.27. The molecule has 0 saturated heterocycles. The molecule has 0 aliphatic rings. The molecule has 4 heterocycles. The van der Waals surface area contributed by atoms with Gasteiger partial charge in [0, 0.05) is 37.3 Å². The van der Waals surface area contributed by atoms with Gasteiger partial charge in [0.15, 0.2) is 0 Å². The van der Waals surface area contributed by atoms with Crippen LogP contribution in [0.5, 0.6) is 0 Å². The number of aromatic nitrogens is 2. The minimum atomic E-state index is 0.927. The van der Waals surface area contributed by atoms with Crippen molar-refractivity contribution in [2.75, 3.05) is 0 Å². The predicted molar refractivity (Wildman–Crippen MR) is 139 cm³/mol. The Morgan fingerprint density at radius 2 is 1.39 bits per heavy atom. The Morgan fingerprint density at radius 3 is 2.30 bits per heavy atom. The Balaban J connectivity index is 1.60. The molecule has 4 aromatic heterocycles. The molecule has 154 valence electrons. The van der Waals surface area contributed by atoms with E-state index in [0.29, 0.717) is 0 Å². The molecule has 4 aromatic carbocycles. The molecule has 0 fully saturated rings. The first-order valence-corrected chi connectivity index (χ1v) is 11.8. The van der Waals surface area contributed by atoms with Gasteiger partial charge in [-0.25, -0.2) is 0 Å². The van der Waals surface area contributed by atoms with Crippen LogP contribution >= 0.6 is 11.3 Å². The zero-order valence-corrected chi connectivity index (χ0v) is 18.3. The SMILES string of the molecule is c1ccc(-n2c3ccccc3c3c4sc5c(ccc6oc7ccccc7c65)c4ncc32)cc1. The van der Waals surface area contributed by atoms with E-state index in [1.165, 1.54) is 36.5 Å². The van der Waals surface area contributed by atoms with Crippen molar-refractivity contribution < 1.29 is 4.42 Å². The van der Waals surface area contributed by atoms with Gasteiger partial charge in [-0.05, 0) is 36.4 Å². The topological polar surface area (TPSA) is 31.0 Å². The summed E-state index contributed by atoms with van der Waals surface area (Å²) in [7, 11) is 0. The average molecular weight is 441 g/mol. The van der Waals surface area contributed by atoms with Crippen molar-refractivity contribution in [1.82, 2.24) is 9.55 Å². The first kappa shape index (κ1) is 17.4. The number of furan rings is 1. The minimum Gasteiger partial charge on any atom is -0.456 e. The van der Waals surface area contributed by atoms with E-state index in [-0.39, 0.29) is 0 Å². The van der Waals surface area contributed by atoms with Crippen molar-refractivity contribution in [2.24, 2.45) is 0 Å².